The SMILES string of the molecule is Cc1ccccc1NC(=S)NC(=O)C(C)Oc1ccc(Cl)cc1Cl. The third kappa shape index (κ3) is 5.09. The molecule has 1 unspecified atom stereocenters. The molecule has 2 aromatic rings. The van der Waals surface area contributed by atoms with Gasteiger partial charge in [0.25, 0.3) is 5.91 Å². The summed E-state index contributed by atoms with van der Waals surface area (Å²) in [6.07, 6.45) is -0.778. The number of ether oxygens (including phenoxy) is 1. The summed E-state index contributed by atoms with van der Waals surface area (Å²) in [6, 6.07) is 12.4. The second-order valence-corrected chi connectivity index (χ2v) is 6.35. The molecule has 0 aliphatic rings. The van der Waals surface area contributed by atoms with Crippen LogP contribution >= 0.6 is 35.4 Å². The van der Waals surface area contributed by atoms with Gasteiger partial charge in [0.05, 0.1) is 5.02 Å². The van der Waals surface area contributed by atoms with Crippen LogP contribution in [0.1, 0.15) is 12.5 Å². The van der Waals surface area contributed by atoms with E-state index >= 15 is 0 Å². The van der Waals surface area contributed by atoms with Crippen LogP contribution in [0.5, 0.6) is 5.75 Å². The lowest BCUT2D eigenvalue weighted by atomic mass is 10.2. The highest BCUT2D eigenvalue weighted by Gasteiger charge is 2.17. The average Bonchev–Trinajstić information content (AvgIpc) is 2.52. The number of carbonyl (C=O) groups is 1. The molecule has 24 heavy (non-hydrogen) atoms. The molecule has 0 aliphatic carbocycles. The van der Waals surface area contributed by atoms with Gasteiger partial charge in [-0.3, -0.25) is 10.1 Å². The molecule has 2 rings (SSSR count). The van der Waals surface area contributed by atoms with Gasteiger partial charge in [0.15, 0.2) is 11.2 Å². The van der Waals surface area contributed by atoms with Crippen molar-refractivity contribution in [2.45, 2.75) is 20.0 Å². The van der Waals surface area contributed by atoms with Gasteiger partial charge in [0, 0.05) is 10.7 Å². The fourth-order valence-electron chi connectivity index (χ4n) is 1.89. The zero-order valence-electron chi connectivity index (χ0n) is 13.1. The quantitative estimate of drug-likeness (QED) is 0.759. The van der Waals surface area contributed by atoms with Crippen LogP contribution in [-0.2, 0) is 4.79 Å². The highest BCUT2D eigenvalue weighted by Crippen LogP contribution is 2.28. The van der Waals surface area contributed by atoms with Crippen molar-refractivity contribution < 1.29 is 9.53 Å². The number of hydrogen-bond donors (Lipinski definition) is 2. The summed E-state index contributed by atoms with van der Waals surface area (Å²) >= 11 is 17.0. The van der Waals surface area contributed by atoms with Crippen molar-refractivity contribution in [3.05, 3.63) is 58.1 Å². The minimum absolute atomic E-state index is 0.201. The predicted molar refractivity (Wildman–Crippen MR) is 102 cm³/mol. The molecule has 0 heterocycles. The van der Waals surface area contributed by atoms with Crippen LogP contribution in [0.4, 0.5) is 5.69 Å². The Hall–Kier alpha value is -1.82. The molecule has 0 bridgehead atoms. The van der Waals surface area contributed by atoms with Gasteiger partial charge in [0.2, 0.25) is 0 Å². The molecule has 2 aromatic carbocycles. The Bertz CT molecular complexity index is 768. The Balaban J connectivity index is 1.93. The number of halogens is 2. The fraction of sp³-hybridized carbons (Fsp3) is 0.176. The smallest absolute Gasteiger partial charge is 0.266 e. The summed E-state index contributed by atoms with van der Waals surface area (Å²) in [5.41, 5.74) is 1.85. The fourth-order valence-corrected chi connectivity index (χ4v) is 2.56. The van der Waals surface area contributed by atoms with E-state index in [9.17, 15) is 4.79 Å². The number of hydrogen-bond acceptors (Lipinski definition) is 3. The van der Waals surface area contributed by atoms with Crippen molar-refractivity contribution in [1.29, 1.82) is 0 Å². The van der Waals surface area contributed by atoms with Gasteiger partial charge in [0.1, 0.15) is 5.75 Å². The van der Waals surface area contributed by atoms with Crippen LogP contribution in [0.2, 0.25) is 10.0 Å². The highest BCUT2D eigenvalue weighted by atomic mass is 35.5. The average molecular weight is 383 g/mol. The lowest BCUT2D eigenvalue weighted by molar-refractivity contribution is -0.125. The highest BCUT2D eigenvalue weighted by molar-refractivity contribution is 7.80. The lowest BCUT2D eigenvalue weighted by Gasteiger charge is -2.17. The van der Waals surface area contributed by atoms with Gasteiger partial charge >= 0.3 is 0 Å². The summed E-state index contributed by atoms with van der Waals surface area (Å²) in [6.45, 7) is 3.55. The summed E-state index contributed by atoms with van der Waals surface area (Å²) < 4.78 is 5.55. The van der Waals surface area contributed by atoms with E-state index in [0.717, 1.165) is 11.3 Å². The molecule has 0 aliphatic heterocycles. The summed E-state index contributed by atoms with van der Waals surface area (Å²) in [5.74, 6) is -0.00593. The molecule has 7 heteroatoms. The van der Waals surface area contributed by atoms with Gasteiger partial charge < -0.3 is 10.1 Å². The summed E-state index contributed by atoms with van der Waals surface area (Å²) in [5, 5.41) is 6.60. The van der Waals surface area contributed by atoms with E-state index in [2.05, 4.69) is 10.6 Å². The maximum Gasteiger partial charge on any atom is 0.266 e. The predicted octanol–water partition coefficient (Wildman–Crippen LogP) is 4.58. The Morgan fingerprint density at radius 2 is 1.92 bits per heavy atom. The third-order valence-electron chi connectivity index (χ3n) is 3.20. The van der Waals surface area contributed by atoms with Crippen LogP contribution < -0.4 is 15.4 Å². The summed E-state index contributed by atoms with van der Waals surface area (Å²) in [4.78, 5) is 12.2. The molecule has 0 aromatic heterocycles. The van der Waals surface area contributed by atoms with Gasteiger partial charge in [-0.1, -0.05) is 41.4 Å². The third-order valence-corrected chi connectivity index (χ3v) is 3.93. The van der Waals surface area contributed by atoms with E-state index in [-0.39, 0.29) is 11.0 Å². The largest absolute Gasteiger partial charge is 0.479 e. The molecular weight excluding hydrogens is 367 g/mol. The molecule has 2 N–H and O–H groups in total. The Labute approximate surface area is 156 Å². The minimum Gasteiger partial charge on any atom is -0.479 e. The van der Waals surface area contributed by atoms with Gasteiger partial charge in [-0.25, -0.2) is 0 Å². The number of thiocarbonyl (C=S) groups is 1. The number of anilines is 1. The Morgan fingerprint density at radius 1 is 1.21 bits per heavy atom. The monoisotopic (exact) mass is 382 g/mol. The maximum atomic E-state index is 12.2. The summed E-state index contributed by atoms with van der Waals surface area (Å²) in [7, 11) is 0. The first-order chi connectivity index (χ1) is 11.4. The van der Waals surface area contributed by atoms with Crippen LogP contribution in [0.25, 0.3) is 0 Å². The molecule has 1 atom stereocenters. The molecule has 0 fully saturated rings. The van der Waals surface area contributed by atoms with E-state index in [1.54, 1.807) is 25.1 Å². The molecule has 0 saturated heterocycles. The number of rotatable bonds is 4. The maximum absolute atomic E-state index is 12.2. The molecule has 0 radical (unpaired) electrons. The van der Waals surface area contributed by atoms with Crippen molar-refractivity contribution >= 4 is 52.1 Å². The van der Waals surface area contributed by atoms with E-state index in [1.807, 2.05) is 31.2 Å². The minimum atomic E-state index is -0.778. The van der Waals surface area contributed by atoms with Gasteiger partial charge in [-0.2, -0.15) is 0 Å². The van der Waals surface area contributed by atoms with E-state index in [4.69, 9.17) is 40.2 Å². The number of benzene rings is 2. The number of aryl methyl sites for hydroxylation is 1. The second kappa shape index (κ2) is 8.33. The lowest BCUT2D eigenvalue weighted by Crippen LogP contribution is -2.42. The number of nitrogens with one attached hydrogen (secondary N) is 2. The topological polar surface area (TPSA) is 50.4 Å². The zero-order chi connectivity index (χ0) is 17.7. The van der Waals surface area contributed by atoms with Crippen molar-refractivity contribution in [3.63, 3.8) is 0 Å². The van der Waals surface area contributed by atoms with E-state index in [1.165, 1.54) is 0 Å². The van der Waals surface area contributed by atoms with Crippen LogP contribution in [-0.4, -0.2) is 17.1 Å². The Morgan fingerprint density at radius 3 is 2.58 bits per heavy atom. The van der Waals surface area contributed by atoms with E-state index in [0.29, 0.717) is 15.8 Å². The molecule has 0 saturated carbocycles. The number of amides is 1. The van der Waals surface area contributed by atoms with Crippen molar-refractivity contribution in [3.8, 4) is 5.75 Å². The molecule has 0 spiro atoms. The zero-order valence-corrected chi connectivity index (χ0v) is 15.4. The van der Waals surface area contributed by atoms with Crippen LogP contribution in [0.3, 0.4) is 0 Å². The van der Waals surface area contributed by atoms with Gasteiger partial charge in [-0.05, 0) is 55.9 Å². The molecule has 126 valence electrons. The van der Waals surface area contributed by atoms with Crippen molar-refractivity contribution in [2.24, 2.45) is 0 Å². The van der Waals surface area contributed by atoms with Crippen LogP contribution in [0, 0.1) is 6.92 Å². The number of para-hydroxylation sites is 1. The van der Waals surface area contributed by atoms with E-state index < -0.39 is 6.10 Å². The first-order valence-corrected chi connectivity index (χ1v) is 8.32. The molecule has 1 amide bonds. The molecular formula is C17H16Cl2N2O2S. The number of carbonyl (C=O) groups excluding carboxylic acids is 1. The Kier molecular flexibility index (Phi) is 6.43. The first-order valence-electron chi connectivity index (χ1n) is 7.16. The molecule has 4 nitrogen and oxygen atoms in total. The van der Waals surface area contributed by atoms with Crippen LogP contribution in [0.15, 0.2) is 42.5 Å². The standard InChI is InChI=1S/C17H16Cl2N2O2S/c1-10-5-3-4-6-14(10)20-17(24)21-16(22)11(2)23-15-8-7-12(18)9-13(15)19/h3-9,11H,1-2H3,(H2,20,21,22,24). The van der Waals surface area contributed by atoms with Crippen molar-refractivity contribution in [2.75, 3.05) is 5.32 Å². The first kappa shape index (κ1) is 18.5. The normalized spacial score (nSPS) is 11.5. The van der Waals surface area contributed by atoms with Crippen molar-refractivity contribution in [1.82, 2.24) is 5.32 Å². The van der Waals surface area contributed by atoms with Gasteiger partial charge in [-0.15, -0.1) is 0 Å². The second-order valence-electron chi connectivity index (χ2n) is 5.09.